The minimum absolute atomic E-state index is 0.375. The molecule has 0 aliphatic carbocycles. The van der Waals surface area contributed by atoms with Gasteiger partial charge in [0.2, 0.25) is 0 Å². The number of aromatic carboxylic acids is 1. The molecule has 1 aromatic heterocycles. The summed E-state index contributed by atoms with van der Waals surface area (Å²) in [5.74, 6) is -0.873. The Balaban J connectivity index is 2.56. The van der Waals surface area contributed by atoms with Gasteiger partial charge in [0.15, 0.2) is 0 Å². The molecule has 4 nitrogen and oxygen atoms in total. The molecule has 0 fully saturated rings. The molecule has 1 heterocycles. The second-order valence-electron chi connectivity index (χ2n) is 4.50. The van der Waals surface area contributed by atoms with Crippen LogP contribution in [0.2, 0.25) is 0 Å². The maximum Gasteiger partial charge on any atom is 0.336 e. The summed E-state index contributed by atoms with van der Waals surface area (Å²) in [5.41, 5.74) is 2.37. The van der Waals surface area contributed by atoms with Crippen LogP contribution in [-0.4, -0.2) is 41.6 Å². The van der Waals surface area contributed by atoms with Gasteiger partial charge < -0.3 is 15.0 Å². The summed E-state index contributed by atoms with van der Waals surface area (Å²) in [6.07, 6.45) is 0.843. The highest BCUT2D eigenvalue weighted by atomic mass is 127. The number of nitrogens with one attached hydrogen (secondary N) is 1. The molecule has 2 rings (SSSR count). The highest BCUT2D eigenvalue weighted by molar-refractivity contribution is 14.1. The van der Waals surface area contributed by atoms with Crippen LogP contribution in [0.3, 0.4) is 0 Å². The van der Waals surface area contributed by atoms with Crippen LogP contribution < -0.4 is 0 Å². The highest BCUT2D eigenvalue weighted by Gasteiger charge is 2.16. The summed E-state index contributed by atoms with van der Waals surface area (Å²) in [6, 6.07) is 5.35. The van der Waals surface area contributed by atoms with Crippen molar-refractivity contribution in [3.63, 3.8) is 0 Å². The smallest absolute Gasteiger partial charge is 0.336 e. The number of carbonyl (C=O) groups is 1. The summed E-state index contributed by atoms with van der Waals surface area (Å²) >= 11 is 2.23. The Morgan fingerprint density at radius 2 is 2.17 bits per heavy atom. The Hall–Kier alpha value is -1.08. The van der Waals surface area contributed by atoms with E-state index in [-0.39, 0.29) is 0 Å². The number of fused-ring (bicyclic) bond motifs is 1. The average Bonchev–Trinajstić information content (AvgIpc) is 2.61. The number of benzene rings is 1. The van der Waals surface area contributed by atoms with Gasteiger partial charge in [-0.15, -0.1) is 0 Å². The first-order valence-corrected chi connectivity index (χ1v) is 6.75. The molecule has 2 aromatic rings. The van der Waals surface area contributed by atoms with Crippen molar-refractivity contribution in [3.05, 3.63) is 33.0 Å². The number of rotatable bonds is 4. The fourth-order valence-corrected chi connectivity index (χ4v) is 2.86. The molecule has 0 atom stereocenters. The first kappa shape index (κ1) is 13.4. The summed E-state index contributed by atoms with van der Waals surface area (Å²) < 4.78 is 1.03. The number of carboxylic acids is 1. The van der Waals surface area contributed by atoms with Gasteiger partial charge in [-0.2, -0.15) is 0 Å². The van der Waals surface area contributed by atoms with Crippen molar-refractivity contribution in [1.82, 2.24) is 9.88 Å². The molecule has 0 aliphatic rings. The fourth-order valence-electron chi connectivity index (χ4n) is 2.03. The number of halogens is 1. The third-order valence-electron chi connectivity index (χ3n) is 2.92. The molecule has 0 bridgehead atoms. The van der Waals surface area contributed by atoms with E-state index < -0.39 is 5.97 Å². The van der Waals surface area contributed by atoms with Crippen LogP contribution in [0.25, 0.3) is 10.9 Å². The lowest BCUT2D eigenvalue weighted by Gasteiger charge is -2.09. The van der Waals surface area contributed by atoms with E-state index in [0.29, 0.717) is 5.56 Å². The van der Waals surface area contributed by atoms with Crippen molar-refractivity contribution in [3.8, 4) is 0 Å². The van der Waals surface area contributed by atoms with E-state index in [2.05, 4.69) is 32.5 Å². The zero-order chi connectivity index (χ0) is 13.3. The minimum Gasteiger partial charge on any atom is -0.478 e. The van der Waals surface area contributed by atoms with Gasteiger partial charge in [-0.1, -0.05) is 6.07 Å². The maximum atomic E-state index is 11.3. The monoisotopic (exact) mass is 358 g/mol. The van der Waals surface area contributed by atoms with E-state index >= 15 is 0 Å². The van der Waals surface area contributed by atoms with E-state index in [1.807, 2.05) is 20.2 Å². The van der Waals surface area contributed by atoms with Gasteiger partial charge in [-0.05, 0) is 60.8 Å². The second kappa shape index (κ2) is 5.27. The van der Waals surface area contributed by atoms with Crippen LogP contribution in [-0.2, 0) is 6.42 Å². The molecule has 1 aromatic carbocycles. The second-order valence-corrected chi connectivity index (χ2v) is 5.58. The maximum absolute atomic E-state index is 11.3. The Kier molecular flexibility index (Phi) is 3.91. The van der Waals surface area contributed by atoms with Crippen LogP contribution in [0.5, 0.6) is 0 Å². The van der Waals surface area contributed by atoms with Crippen molar-refractivity contribution >= 4 is 39.5 Å². The van der Waals surface area contributed by atoms with Gasteiger partial charge in [0, 0.05) is 17.4 Å². The van der Waals surface area contributed by atoms with Crippen molar-refractivity contribution in [2.75, 3.05) is 20.6 Å². The molecule has 5 heteroatoms. The van der Waals surface area contributed by atoms with Crippen LogP contribution in [0.1, 0.15) is 15.9 Å². The Morgan fingerprint density at radius 1 is 1.44 bits per heavy atom. The highest BCUT2D eigenvalue weighted by Crippen LogP contribution is 2.27. The number of likely N-dealkylation sites (N-methyl/N-ethyl adjacent to an activating group) is 1. The van der Waals surface area contributed by atoms with Gasteiger partial charge in [-0.25, -0.2) is 4.79 Å². The fraction of sp³-hybridized carbons (Fsp3) is 0.308. The van der Waals surface area contributed by atoms with E-state index in [4.69, 9.17) is 0 Å². The summed E-state index contributed by atoms with van der Waals surface area (Å²) in [7, 11) is 4.03. The lowest BCUT2D eigenvalue weighted by molar-refractivity contribution is 0.0699. The predicted octanol–water partition coefficient (Wildman–Crippen LogP) is 2.57. The number of aromatic amines is 1. The molecule has 96 valence electrons. The molecular formula is C13H15IN2O2. The van der Waals surface area contributed by atoms with Crippen LogP contribution in [0.4, 0.5) is 0 Å². The molecule has 0 aliphatic heterocycles. The Labute approximate surface area is 119 Å². The number of carboxylic acid groups (broad SMARTS) is 1. The molecule has 0 saturated carbocycles. The molecule has 0 unspecified atom stereocenters. The first-order valence-electron chi connectivity index (χ1n) is 5.67. The van der Waals surface area contributed by atoms with Crippen LogP contribution >= 0.6 is 22.6 Å². The standard InChI is InChI=1S/C13H15IN2O2/c1-16(2)7-6-8-11-9(13(17)18)4-3-5-10(11)15-12(8)14/h3-5,15H,6-7H2,1-2H3,(H,17,18). The zero-order valence-electron chi connectivity index (χ0n) is 10.3. The average molecular weight is 358 g/mol. The number of hydrogen-bond acceptors (Lipinski definition) is 2. The van der Waals surface area contributed by atoms with Crippen molar-refractivity contribution < 1.29 is 9.90 Å². The number of hydrogen-bond donors (Lipinski definition) is 2. The predicted molar refractivity (Wildman–Crippen MR) is 80.2 cm³/mol. The van der Waals surface area contributed by atoms with Gasteiger partial charge in [0.05, 0.1) is 9.26 Å². The quantitative estimate of drug-likeness (QED) is 0.827. The Morgan fingerprint density at radius 3 is 2.78 bits per heavy atom. The van der Waals surface area contributed by atoms with E-state index in [1.165, 1.54) is 0 Å². The van der Waals surface area contributed by atoms with Gasteiger partial charge in [-0.3, -0.25) is 0 Å². The van der Waals surface area contributed by atoms with Gasteiger partial charge in [0.25, 0.3) is 0 Å². The third kappa shape index (κ3) is 2.51. The zero-order valence-corrected chi connectivity index (χ0v) is 12.5. The first-order chi connectivity index (χ1) is 8.50. The lowest BCUT2D eigenvalue weighted by atomic mass is 10.0. The molecule has 0 saturated heterocycles. The molecule has 0 spiro atoms. The van der Waals surface area contributed by atoms with Crippen LogP contribution in [0, 0.1) is 3.70 Å². The summed E-state index contributed by atoms with van der Waals surface area (Å²) in [5, 5.41) is 10.1. The Bertz CT molecular complexity index is 590. The van der Waals surface area contributed by atoms with Crippen molar-refractivity contribution in [2.45, 2.75) is 6.42 Å². The molecular weight excluding hydrogens is 343 g/mol. The summed E-state index contributed by atoms with van der Waals surface area (Å²) in [6.45, 7) is 0.900. The van der Waals surface area contributed by atoms with Gasteiger partial charge in [0.1, 0.15) is 0 Å². The van der Waals surface area contributed by atoms with E-state index in [1.54, 1.807) is 12.1 Å². The third-order valence-corrected chi connectivity index (χ3v) is 3.84. The van der Waals surface area contributed by atoms with Crippen molar-refractivity contribution in [2.24, 2.45) is 0 Å². The SMILES string of the molecule is CN(C)CCc1c(I)[nH]c2cccc(C(=O)O)c12. The lowest BCUT2D eigenvalue weighted by Crippen LogP contribution is -2.15. The van der Waals surface area contributed by atoms with E-state index in [9.17, 15) is 9.90 Å². The van der Waals surface area contributed by atoms with E-state index in [0.717, 1.165) is 33.1 Å². The molecule has 18 heavy (non-hydrogen) atoms. The molecule has 0 radical (unpaired) electrons. The normalized spacial score (nSPS) is 11.3. The number of nitrogens with zero attached hydrogens (tertiary/aromatic N) is 1. The molecule has 2 N–H and O–H groups in total. The largest absolute Gasteiger partial charge is 0.478 e. The summed E-state index contributed by atoms with van der Waals surface area (Å²) in [4.78, 5) is 16.6. The topological polar surface area (TPSA) is 56.3 Å². The minimum atomic E-state index is -0.873. The van der Waals surface area contributed by atoms with Gasteiger partial charge >= 0.3 is 5.97 Å². The van der Waals surface area contributed by atoms with Crippen LogP contribution in [0.15, 0.2) is 18.2 Å². The number of aromatic nitrogens is 1. The van der Waals surface area contributed by atoms with Crippen molar-refractivity contribution in [1.29, 1.82) is 0 Å². The number of H-pyrrole nitrogens is 1. The molecule has 0 amide bonds.